The standard InChI is InChI=1S/C9H17NO4/c1-4-14-9(13)7(11)5-6-8(12)10(2)3/h7-9,11-13H,4H2,1-3H3. The first-order chi connectivity index (χ1) is 6.49. The third kappa shape index (κ3) is 5.17. The van der Waals surface area contributed by atoms with Crippen LogP contribution in [-0.4, -0.2) is 59.5 Å². The lowest BCUT2D eigenvalue weighted by atomic mass is 10.3. The van der Waals surface area contributed by atoms with E-state index in [4.69, 9.17) is 9.84 Å². The molecule has 0 saturated carbocycles. The molecule has 0 heterocycles. The summed E-state index contributed by atoms with van der Waals surface area (Å²) in [5.74, 6) is 4.65. The number of aliphatic hydroxyl groups is 3. The molecular formula is C9H17NO4. The van der Waals surface area contributed by atoms with Gasteiger partial charge in [0.05, 0.1) is 0 Å². The van der Waals surface area contributed by atoms with E-state index >= 15 is 0 Å². The maximum atomic E-state index is 9.21. The Morgan fingerprint density at radius 3 is 2.21 bits per heavy atom. The summed E-state index contributed by atoms with van der Waals surface area (Å²) in [5, 5.41) is 27.5. The Bertz CT molecular complexity index is 209. The van der Waals surface area contributed by atoms with Gasteiger partial charge in [-0.3, -0.25) is 4.90 Å². The van der Waals surface area contributed by atoms with Gasteiger partial charge in [-0.15, -0.1) is 0 Å². The van der Waals surface area contributed by atoms with Gasteiger partial charge in [-0.25, -0.2) is 0 Å². The number of aliphatic hydroxyl groups excluding tert-OH is 3. The zero-order valence-corrected chi connectivity index (χ0v) is 8.64. The first kappa shape index (κ1) is 13.4. The summed E-state index contributed by atoms with van der Waals surface area (Å²) in [6, 6.07) is 0. The van der Waals surface area contributed by atoms with Gasteiger partial charge in [-0.1, -0.05) is 11.8 Å². The molecular weight excluding hydrogens is 186 g/mol. The lowest BCUT2D eigenvalue weighted by Gasteiger charge is -2.14. The van der Waals surface area contributed by atoms with Crippen LogP contribution in [0.2, 0.25) is 0 Å². The second-order valence-corrected chi connectivity index (χ2v) is 2.92. The minimum atomic E-state index is -1.33. The summed E-state index contributed by atoms with van der Waals surface area (Å²) in [7, 11) is 3.29. The SMILES string of the molecule is CCOC(O)C(O)C#CC(O)N(C)C. The molecule has 0 aliphatic rings. The fourth-order valence-corrected chi connectivity index (χ4v) is 0.622. The maximum Gasteiger partial charge on any atom is 0.192 e. The van der Waals surface area contributed by atoms with Crippen LogP contribution in [0.5, 0.6) is 0 Å². The van der Waals surface area contributed by atoms with Gasteiger partial charge in [0.2, 0.25) is 0 Å². The van der Waals surface area contributed by atoms with Crippen LogP contribution in [-0.2, 0) is 4.74 Å². The fourth-order valence-electron chi connectivity index (χ4n) is 0.622. The van der Waals surface area contributed by atoms with Gasteiger partial charge in [0.15, 0.2) is 18.6 Å². The van der Waals surface area contributed by atoms with E-state index in [-0.39, 0.29) is 6.61 Å². The van der Waals surface area contributed by atoms with Crippen molar-refractivity contribution in [1.29, 1.82) is 0 Å². The second kappa shape index (κ2) is 6.76. The molecule has 0 bridgehead atoms. The molecule has 0 spiro atoms. The molecule has 0 aliphatic heterocycles. The molecule has 3 N–H and O–H groups in total. The Kier molecular flexibility index (Phi) is 6.45. The van der Waals surface area contributed by atoms with E-state index in [0.717, 1.165) is 0 Å². The van der Waals surface area contributed by atoms with Crippen molar-refractivity contribution in [3.63, 3.8) is 0 Å². The highest BCUT2D eigenvalue weighted by atomic mass is 16.6. The molecule has 3 atom stereocenters. The third-order valence-electron chi connectivity index (χ3n) is 1.46. The van der Waals surface area contributed by atoms with Crippen LogP contribution in [0.25, 0.3) is 0 Å². The van der Waals surface area contributed by atoms with Gasteiger partial charge in [-0.05, 0) is 21.0 Å². The van der Waals surface area contributed by atoms with Gasteiger partial charge in [0.1, 0.15) is 0 Å². The van der Waals surface area contributed by atoms with E-state index in [1.165, 1.54) is 4.90 Å². The smallest absolute Gasteiger partial charge is 0.192 e. The van der Waals surface area contributed by atoms with E-state index in [2.05, 4.69) is 11.8 Å². The Morgan fingerprint density at radius 1 is 1.21 bits per heavy atom. The first-order valence-corrected chi connectivity index (χ1v) is 4.32. The van der Waals surface area contributed by atoms with Gasteiger partial charge in [0.25, 0.3) is 0 Å². The average molecular weight is 203 g/mol. The minimum absolute atomic E-state index is 0.288. The number of nitrogens with zero attached hydrogens (tertiary/aromatic N) is 1. The summed E-state index contributed by atoms with van der Waals surface area (Å²) in [4.78, 5) is 1.47. The summed E-state index contributed by atoms with van der Waals surface area (Å²) in [5.41, 5.74) is 0. The fraction of sp³-hybridized carbons (Fsp3) is 0.778. The van der Waals surface area contributed by atoms with E-state index < -0.39 is 18.6 Å². The monoisotopic (exact) mass is 203 g/mol. The molecule has 0 aliphatic carbocycles. The molecule has 5 heteroatoms. The molecule has 82 valence electrons. The Morgan fingerprint density at radius 2 is 1.79 bits per heavy atom. The van der Waals surface area contributed by atoms with E-state index in [0.29, 0.717) is 0 Å². The largest absolute Gasteiger partial charge is 0.375 e. The van der Waals surface area contributed by atoms with E-state index in [9.17, 15) is 10.2 Å². The summed E-state index contributed by atoms with van der Waals surface area (Å²) < 4.78 is 4.70. The summed E-state index contributed by atoms with van der Waals surface area (Å²) >= 11 is 0. The number of hydrogen-bond donors (Lipinski definition) is 3. The minimum Gasteiger partial charge on any atom is -0.375 e. The van der Waals surface area contributed by atoms with E-state index in [1.807, 2.05) is 0 Å². The van der Waals surface area contributed by atoms with Gasteiger partial charge < -0.3 is 20.1 Å². The zero-order chi connectivity index (χ0) is 11.1. The molecule has 0 aromatic carbocycles. The predicted octanol–water partition coefficient (Wildman–Crippen LogP) is -1.41. The predicted molar refractivity (Wildman–Crippen MR) is 51.1 cm³/mol. The molecule has 0 aromatic heterocycles. The van der Waals surface area contributed by atoms with Crippen LogP contribution in [0.15, 0.2) is 0 Å². The van der Waals surface area contributed by atoms with Crippen molar-refractivity contribution < 1.29 is 20.1 Å². The molecule has 0 aromatic rings. The highest BCUT2D eigenvalue weighted by molar-refractivity contribution is 5.08. The van der Waals surface area contributed by atoms with Crippen LogP contribution in [0.4, 0.5) is 0 Å². The molecule has 0 radical (unpaired) electrons. The summed E-state index contributed by atoms with van der Waals surface area (Å²) in [6.45, 7) is 1.98. The molecule has 0 fully saturated rings. The Balaban J connectivity index is 4.08. The van der Waals surface area contributed by atoms with Crippen molar-refractivity contribution in [3.05, 3.63) is 0 Å². The normalized spacial score (nSPS) is 17.1. The highest BCUT2D eigenvalue weighted by Gasteiger charge is 2.13. The van der Waals surface area contributed by atoms with Crippen molar-refractivity contribution in [2.45, 2.75) is 25.5 Å². The number of hydrogen-bond acceptors (Lipinski definition) is 5. The Labute approximate surface area is 83.9 Å². The Hall–Kier alpha value is -0.640. The van der Waals surface area contributed by atoms with Crippen LogP contribution in [0, 0.1) is 11.8 Å². The summed E-state index contributed by atoms with van der Waals surface area (Å²) in [6.07, 6.45) is -3.59. The van der Waals surface area contributed by atoms with Crippen molar-refractivity contribution in [2.24, 2.45) is 0 Å². The molecule has 0 saturated heterocycles. The van der Waals surface area contributed by atoms with Crippen LogP contribution >= 0.6 is 0 Å². The van der Waals surface area contributed by atoms with Gasteiger partial charge >= 0.3 is 0 Å². The van der Waals surface area contributed by atoms with Gasteiger partial charge in [0, 0.05) is 6.61 Å². The second-order valence-electron chi connectivity index (χ2n) is 2.92. The number of ether oxygens (including phenoxy) is 1. The van der Waals surface area contributed by atoms with Gasteiger partial charge in [-0.2, -0.15) is 0 Å². The lowest BCUT2D eigenvalue weighted by molar-refractivity contribution is -0.141. The average Bonchev–Trinajstić information content (AvgIpc) is 2.13. The molecule has 0 rings (SSSR count). The molecule has 14 heavy (non-hydrogen) atoms. The molecule has 0 amide bonds. The first-order valence-electron chi connectivity index (χ1n) is 4.32. The van der Waals surface area contributed by atoms with Crippen molar-refractivity contribution in [2.75, 3.05) is 20.7 Å². The van der Waals surface area contributed by atoms with Crippen LogP contribution < -0.4 is 0 Å². The third-order valence-corrected chi connectivity index (χ3v) is 1.46. The van der Waals surface area contributed by atoms with Crippen molar-refractivity contribution in [3.8, 4) is 11.8 Å². The zero-order valence-electron chi connectivity index (χ0n) is 8.64. The quantitative estimate of drug-likeness (QED) is 0.386. The molecule has 3 unspecified atom stereocenters. The van der Waals surface area contributed by atoms with Crippen LogP contribution in [0.1, 0.15) is 6.92 Å². The molecule has 5 nitrogen and oxygen atoms in total. The van der Waals surface area contributed by atoms with Crippen LogP contribution in [0.3, 0.4) is 0 Å². The lowest BCUT2D eigenvalue weighted by Crippen LogP contribution is -2.29. The highest BCUT2D eigenvalue weighted by Crippen LogP contribution is 1.94. The van der Waals surface area contributed by atoms with Crippen molar-refractivity contribution in [1.82, 2.24) is 4.90 Å². The van der Waals surface area contributed by atoms with Crippen molar-refractivity contribution >= 4 is 0 Å². The maximum absolute atomic E-state index is 9.21. The number of rotatable bonds is 4. The van der Waals surface area contributed by atoms with E-state index in [1.54, 1.807) is 21.0 Å². The topological polar surface area (TPSA) is 73.2 Å².